The highest BCUT2D eigenvalue weighted by molar-refractivity contribution is 7.99. The second kappa shape index (κ2) is 8.88. The Hall–Kier alpha value is -1.57. The number of hydrogen-bond acceptors (Lipinski definition) is 5. The first-order valence-corrected chi connectivity index (χ1v) is 10.2. The summed E-state index contributed by atoms with van der Waals surface area (Å²) in [6.07, 6.45) is 2.95. The number of nitrogens with zero attached hydrogens (tertiary/aromatic N) is 2. The van der Waals surface area contributed by atoms with E-state index < -0.39 is 0 Å². The van der Waals surface area contributed by atoms with Crippen LogP contribution in [0, 0.1) is 0 Å². The van der Waals surface area contributed by atoms with E-state index in [2.05, 4.69) is 10.3 Å². The molecule has 0 radical (unpaired) electrons. The van der Waals surface area contributed by atoms with Crippen molar-refractivity contribution in [1.82, 2.24) is 14.9 Å². The molecule has 2 aromatic rings. The van der Waals surface area contributed by atoms with Crippen molar-refractivity contribution < 1.29 is 9.53 Å². The predicted molar refractivity (Wildman–Crippen MR) is 104 cm³/mol. The molecule has 0 bridgehead atoms. The first kappa shape index (κ1) is 19.2. The summed E-state index contributed by atoms with van der Waals surface area (Å²) in [4.78, 5) is 29.4. The molecule has 1 N–H and O–H groups in total. The summed E-state index contributed by atoms with van der Waals surface area (Å²) in [5, 5.41) is 4.49. The lowest BCUT2D eigenvalue weighted by atomic mass is 10.2. The summed E-state index contributed by atoms with van der Waals surface area (Å²) < 4.78 is 7.13. The third-order valence-corrected chi connectivity index (χ3v) is 5.42. The third kappa shape index (κ3) is 4.58. The smallest absolute Gasteiger partial charge is 0.262 e. The van der Waals surface area contributed by atoms with Gasteiger partial charge in [0.15, 0.2) is 5.16 Å². The third-order valence-electron chi connectivity index (χ3n) is 4.21. The molecule has 1 aliphatic rings. The van der Waals surface area contributed by atoms with Crippen molar-refractivity contribution in [3.8, 4) is 0 Å². The lowest BCUT2D eigenvalue weighted by molar-refractivity contribution is -0.119. The van der Waals surface area contributed by atoms with Crippen LogP contribution in [0.2, 0.25) is 5.02 Å². The van der Waals surface area contributed by atoms with Crippen molar-refractivity contribution in [3.05, 3.63) is 33.6 Å². The molecular formula is C18H22ClN3O3S. The van der Waals surface area contributed by atoms with Crippen molar-refractivity contribution >= 4 is 40.2 Å². The average Bonchev–Trinajstić information content (AvgIpc) is 3.14. The Kier molecular flexibility index (Phi) is 6.56. The second-order valence-corrected chi connectivity index (χ2v) is 7.62. The van der Waals surface area contributed by atoms with E-state index in [1.807, 2.05) is 6.92 Å². The molecule has 8 heteroatoms. The minimum absolute atomic E-state index is 0.0889. The van der Waals surface area contributed by atoms with Gasteiger partial charge >= 0.3 is 0 Å². The number of aromatic nitrogens is 2. The van der Waals surface area contributed by atoms with E-state index in [4.69, 9.17) is 16.3 Å². The van der Waals surface area contributed by atoms with E-state index in [9.17, 15) is 9.59 Å². The number of carbonyl (C=O) groups is 1. The van der Waals surface area contributed by atoms with Crippen molar-refractivity contribution in [1.29, 1.82) is 0 Å². The Bertz CT molecular complexity index is 849. The Morgan fingerprint density at radius 3 is 3.08 bits per heavy atom. The van der Waals surface area contributed by atoms with Crippen LogP contribution in [-0.2, 0) is 16.1 Å². The van der Waals surface area contributed by atoms with Gasteiger partial charge in [0, 0.05) is 24.7 Å². The molecule has 3 rings (SSSR count). The number of carbonyl (C=O) groups excluding carboxylic acids is 1. The zero-order valence-electron chi connectivity index (χ0n) is 14.7. The van der Waals surface area contributed by atoms with Crippen LogP contribution in [0.5, 0.6) is 0 Å². The number of fused-ring (bicyclic) bond motifs is 1. The standard InChI is InChI=1S/C18H22ClN3O3S/c1-2-7-22-17(24)14-6-5-12(19)9-15(14)21-18(22)26-11-16(23)20-10-13-4-3-8-25-13/h5-6,9,13H,2-4,7-8,10-11H2,1H3,(H,20,23)/t13-/m1/s1. The van der Waals surface area contributed by atoms with E-state index >= 15 is 0 Å². The maximum absolute atomic E-state index is 12.7. The molecule has 1 aromatic heterocycles. The molecule has 1 atom stereocenters. The Morgan fingerprint density at radius 2 is 2.35 bits per heavy atom. The monoisotopic (exact) mass is 395 g/mol. The number of benzene rings is 1. The molecule has 0 aliphatic carbocycles. The van der Waals surface area contributed by atoms with Crippen LogP contribution in [0.4, 0.5) is 0 Å². The topological polar surface area (TPSA) is 73.2 Å². The highest BCUT2D eigenvalue weighted by Gasteiger charge is 2.17. The van der Waals surface area contributed by atoms with Crippen LogP contribution < -0.4 is 10.9 Å². The largest absolute Gasteiger partial charge is 0.376 e. The van der Waals surface area contributed by atoms with Gasteiger partial charge in [-0.2, -0.15) is 0 Å². The molecule has 2 heterocycles. The van der Waals surface area contributed by atoms with Crippen LogP contribution in [0.3, 0.4) is 0 Å². The molecular weight excluding hydrogens is 374 g/mol. The number of nitrogens with one attached hydrogen (secondary N) is 1. The maximum Gasteiger partial charge on any atom is 0.262 e. The van der Waals surface area contributed by atoms with Gasteiger partial charge < -0.3 is 10.1 Å². The van der Waals surface area contributed by atoms with Crippen molar-refractivity contribution in [3.63, 3.8) is 0 Å². The minimum Gasteiger partial charge on any atom is -0.376 e. The number of thioether (sulfide) groups is 1. The highest BCUT2D eigenvalue weighted by atomic mass is 35.5. The fourth-order valence-corrected chi connectivity index (χ4v) is 3.94. The Labute approximate surface area is 161 Å². The molecule has 1 aromatic carbocycles. The van der Waals surface area contributed by atoms with Gasteiger partial charge in [0.2, 0.25) is 5.91 Å². The first-order valence-electron chi connectivity index (χ1n) is 8.79. The lowest BCUT2D eigenvalue weighted by Crippen LogP contribution is -2.33. The van der Waals surface area contributed by atoms with Gasteiger partial charge in [0.25, 0.3) is 5.56 Å². The molecule has 0 unspecified atom stereocenters. The highest BCUT2D eigenvalue weighted by Crippen LogP contribution is 2.20. The quantitative estimate of drug-likeness (QED) is 0.576. The summed E-state index contributed by atoms with van der Waals surface area (Å²) in [6, 6.07) is 5.06. The van der Waals surface area contributed by atoms with Gasteiger partial charge in [-0.3, -0.25) is 14.2 Å². The average molecular weight is 396 g/mol. The fourth-order valence-electron chi connectivity index (χ4n) is 2.92. The zero-order valence-corrected chi connectivity index (χ0v) is 16.2. The van der Waals surface area contributed by atoms with Crippen molar-refractivity contribution in [2.45, 2.75) is 44.0 Å². The van der Waals surface area contributed by atoms with Crippen molar-refractivity contribution in [2.24, 2.45) is 0 Å². The van der Waals surface area contributed by atoms with E-state index in [0.717, 1.165) is 25.9 Å². The van der Waals surface area contributed by atoms with Crippen LogP contribution in [0.25, 0.3) is 10.9 Å². The molecule has 1 fully saturated rings. The normalized spacial score (nSPS) is 16.9. The molecule has 1 aliphatic heterocycles. The summed E-state index contributed by atoms with van der Waals surface area (Å²) in [5.74, 6) is 0.114. The SMILES string of the molecule is CCCn1c(SCC(=O)NC[C@H]2CCCO2)nc2cc(Cl)ccc2c1=O. The molecule has 1 saturated heterocycles. The second-order valence-electron chi connectivity index (χ2n) is 6.24. The molecule has 0 spiro atoms. The number of hydrogen-bond donors (Lipinski definition) is 1. The minimum atomic E-state index is -0.101. The van der Waals surface area contributed by atoms with Gasteiger partial charge in [-0.05, 0) is 37.5 Å². The van der Waals surface area contributed by atoms with Gasteiger partial charge in [-0.15, -0.1) is 0 Å². The van der Waals surface area contributed by atoms with E-state index in [1.165, 1.54) is 11.8 Å². The summed E-state index contributed by atoms with van der Waals surface area (Å²) in [7, 11) is 0. The van der Waals surface area contributed by atoms with E-state index in [0.29, 0.717) is 34.2 Å². The summed E-state index contributed by atoms with van der Waals surface area (Å²) >= 11 is 7.29. The fraction of sp³-hybridized carbons (Fsp3) is 0.500. The van der Waals surface area contributed by atoms with Gasteiger partial charge in [0.05, 0.1) is 22.8 Å². The van der Waals surface area contributed by atoms with Crippen LogP contribution in [0.15, 0.2) is 28.2 Å². The number of rotatable bonds is 7. The molecule has 1 amide bonds. The van der Waals surface area contributed by atoms with Crippen LogP contribution >= 0.6 is 23.4 Å². The Balaban J connectivity index is 1.73. The van der Waals surface area contributed by atoms with Gasteiger partial charge in [-0.25, -0.2) is 4.98 Å². The van der Waals surface area contributed by atoms with E-state index in [-0.39, 0.29) is 23.3 Å². The lowest BCUT2D eigenvalue weighted by Gasteiger charge is -2.13. The molecule has 140 valence electrons. The Morgan fingerprint density at radius 1 is 1.50 bits per heavy atom. The number of ether oxygens (including phenoxy) is 1. The maximum atomic E-state index is 12.7. The summed E-state index contributed by atoms with van der Waals surface area (Å²) in [6.45, 7) is 3.86. The van der Waals surface area contributed by atoms with Crippen LogP contribution in [-0.4, -0.2) is 40.5 Å². The zero-order chi connectivity index (χ0) is 18.5. The summed E-state index contributed by atoms with van der Waals surface area (Å²) in [5.41, 5.74) is 0.452. The molecule has 6 nitrogen and oxygen atoms in total. The van der Waals surface area contributed by atoms with Gasteiger partial charge in [-0.1, -0.05) is 30.3 Å². The van der Waals surface area contributed by atoms with E-state index in [1.54, 1.807) is 22.8 Å². The van der Waals surface area contributed by atoms with Gasteiger partial charge in [0.1, 0.15) is 0 Å². The molecule has 0 saturated carbocycles. The van der Waals surface area contributed by atoms with Crippen LogP contribution in [0.1, 0.15) is 26.2 Å². The number of halogens is 1. The number of amides is 1. The molecule has 26 heavy (non-hydrogen) atoms. The first-order chi connectivity index (χ1) is 12.6. The predicted octanol–water partition coefficient (Wildman–Crippen LogP) is 2.85. The van der Waals surface area contributed by atoms with Crippen molar-refractivity contribution in [2.75, 3.05) is 18.9 Å².